The Balaban J connectivity index is 1.35. The number of pyridine rings is 1. The lowest BCUT2D eigenvalue weighted by Crippen LogP contribution is -2.48. The fourth-order valence-electron chi connectivity index (χ4n) is 5.05. The van der Waals surface area contributed by atoms with Crippen LogP contribution in [0.1, 0.15) is 29.2 Å². The highest BCUT2D eigenvalue weighted by atomic mass is 16.1. The minimum absolute atomic E-state index is 0.143. The number of nitrogens with zero attached hydrogens (tertiary/aromatic N) is 7. The van der Waals surface area contributed by atoms with Gasteiger partial charge in [-0.15, -0.1) is 0 Å². The predicted octanol–water partition coefficient (Wildman–Crippen LogP) is 1.21. The van der Waals surface area contributed by atoms with E-state index in [-0.39, 0.29) is 5.56 Å². The number of hydrogen-bond donors (Lipinski definition) is 1. The second-order valence-electron chi connectivity index (χ2n) is 8.87. The van der Waals surface area contributed by atoms with Crippen molar-refractivity contribution in [3.63, 3.8) is 0 Å². The minimum atomic E-state index is 0.143. The molecule has 31 heavy (non-hydrogen) atoms. The molecule has 0 radical (unpaired) electrons. The molecule has 1 saturated heterocycles. The van der Waals surface area contributed by atoms with Crippen molar-refractivity contribution < 1.29 is 0 Å². The number of anilines is 2. The summed E-state index contributed by atoms with van der Waals surface area (Å²) < 4.78 is 3.81. The van der Waals surface area contributed by atoms with Crippen molar-refractivity contribution in [2.24, 2.45) is 13.0 Å². The summed E-state index contributed by atoms with van der Waals surface area (Å²) in [5, 5.41) is 4.22. The van der Waals surface area contributed by atoms with Gasteiger partial charge < -0.3 is 15.2 Å². The monoisotopic (exact) mass is 420 g/mol. The van der Waals surface area contributed by atoms with E-state index in [0.717, 1.165) is 55.2 Å². The van der Waals surface area contributed by atoms with Gasteiger partial charge in [-0.05, 0) is 31.5 Å². The largest absolute Gasteiger partial charge is 0.368 e. The molecule has 9 heteroatoms. The highest BCUT2D eigenvalue weighted by Gasteiger charge is 2.35. The molecule has 1 fully saturated rings. The Bertz CT molecular complexity index is 1150. The third kappa shape index (κ3) is 3.93. The van der Waals surface area contributed by atoms with Crippen molar-refractivity contribution in [1.29, 1.82) is 0 Å². The number of fused-ring (bicyclic) bond motifs is 4. The average Bonchev–Trinajstić information content (AvgIpc) is 3.14. The second kappa shape index (κ2) is 7.81. The quantitative estimate of drug-likeness (QED) is 0.662. The molecule has 2 aliphatic heterocycles. The first kappa shape index (κ1) is 19.7. The maximum Gasteiger partial charge on any atom is 0.255 e. The first-order valence-corrected chi connectivity index (χ1v) is 10.7. The molecule has 3 aromatic heterocycles. The topological polar surface area (TPSA) is 98.1 Å². The van der Waals surface area contributed by atoms with Crippen LogP contribution in [0.25, 0.3) is 0 Å². The lowest BCUT2D eigenvalue weighted by Gasteiger charge is -2.43. The molecule has 0 aromatic carbocycles. The highest BCUT2D eigenvalue weighted by Crippen LogP contribution is 2.36. The normalized spacial score (nSPS) is 20.2. The van der Waals surface area contributed by atoms with Crippen LogP contribution in [0.2, 0.25) is 0 Å². The van der Waals surface area contributed by atoms with Gasteiger partial charge in [-0.25, -0.2) is 4.98 Å². The highest BCUT2D eigenvalue weighted by molar-refractivity contribution is 5.43. The SMILES string of the molecule is CN(Cc1cnn(C)c1)Cc1ccc2n(c1=O)C[C@H]1C[C@@H]2CN(c2ccnc(N)n2)C1. The van der Waals surface area contributed by atoms with E-state index < -0.39 is 0 Å². The van der Waals surface area contributed by atoms with Crippen LogP contribution in [0.15, 0.2) is 41.6 Å². The van der Waals surface area contributed by atoms with Crippen LogP contribution < -0.4 is 16.2 Å². The molecule has 2 bridgehead atoms. The maximum atomic E-state index is 13.3. The van der Waals surface area contributed by atoms with E-state index in [1.165, 1.54) is 0 Å². The van der Waals surface area contributed by atoms with Crippen molar-refractivity contribution >= 4 is 11.8 Å². The molecule has 9 nitrogen and oxygen atoms in total. The van der Waals surface area contributed by atoms with E-state index in [0.29, 0.717) is 24.3 Å². The molecular weight excluding hydrogens is 392 g/mol. The Hall–Kier alpha value is -3.20. The molecule has 5 heterocycles. The van der Waals surface area contributed by atoms with Crippen LogP contribution in [0.3, 0.4) is 0 Å². The number of hydrogen-bond acceptors (Lipinski definition) is 7. The zero-order valence-electron chi connectivity index (χ0n) is 18.0. The minimum Gasteiger partial charge on any atom is -0.368 e. The Morgan fingerprint density at radius 2 is 2.06 bits per heavy atom. The number of piperidine rings is 1. The lowest BCUT2D eigenvalue weighted by molar-refractivity contribution is 0.276. The Morgan fingerprint density at radius 3 is 2.84 bits per heavy atom. The van der Waals surface area contributed by atoms with Gasteiger partial charge in [0.25, 0.3) is 5.56 Å². The van der Waals surface area contributed by atoms with Gasteiger partial charge >= 0.3 is 0 Å². The second-order valence-corrected chi connectivity index (χ2v) is 8.87. The maximum absolute atomic E-state index is 13.3. The number of aromatic nitrogens is 5. The molecule has 5 rings (SSSR count). The molecule has 2 atom stereocenters. The molecule has 0 unspecified atom stereocenters. The van der Waals surface area contributed by atoms with Gasteiger partial charge in [0, 0.05) is 74.9 Å². The fourth-order valence-corrected chi connectivity index (χ4v) is 5.05. The molecule has 0 aliphatic carbocycles. The van der Waals surface area contributed by atoms with E-state index in [9.17, 15) is 4.79 Å². The zero-order chi connectivity index (χ0) is 21.5. The van der Waals surface area contributed by atoms with Crippen molar-refractivity contribution in [3.8, 4) is 0 Å². The van der Waals surface area contributed by atoms with Gasteiger partial charge in [0.05, 0.1) is 6.20 Å². The number of nitrogen functional groups attached to an aromatic ring is 1. The molecule has 0 amide bonds. The average molecular weight is 421 g/mol. The fraction of sp³-hybridized carbons (Fsp3) is 0.455. The number of rotatable bonds is 5. The van der Waals surface area contributed by atoms with Crippen LogP contribution in [0, 0.1) is 5.92 Å². The van der Waals surface area contributed by atoms with Gasteiger partial charge in [-0.3, -0.25) is 14.4 Å². The lowest BCUT2D eigenvalue weighted by atomic mass is 9.83. The van der Waals surface area contributed by atoms with Crippen LogP contribution >= 0.6 is 0 Å². The van der Waals surface area contributed by atoms with Crippen LogP contribution in [-0.4, -0.2) is 49.4 Å². The smallest absolute Gasteiger partial charge is 0.255 e. The summed E-state index contributed by atoms with van der Waals surface area (Å²) in [6.45, 7) is 3.85. The summed E-state index contributed by atoms with van der Waals surface area (Å²) in [7, 11) is 3.95. The van der Waals surface area contributed by atoms with Crippen LogP contribution in [-0.2, 0) is 26.7 Å². The van der Waals surface area contributed by atoms with Gasteiger partial charge in [-0.2, -0.15) is 10.1 Å². The van der Waals surface area contributed by atoms with Gasteiger partial charge in [-0.1, -0.05) is 6.07 Å². The molecule has 3 aromatic rings. The summed E-state index contributed by atoms with van der Waals surface area (Å²) in [5.74, 6) is 1.90. The predicted molar refractivity (Wildman–Crippen MR) is 119 cm³/mol. The van der Waals surface area contributed by atoms with Crippen LogP contribution in [0.4, 0.5) is 11.8 Å². The number of nitrogens with two attached hydrogens (primary N) is 1. The zero-order valence-corrected chi connectivity index (χ0v) is 18.0. The summed E-state index contributed by atoms with van der Waals surface area (Å²) in [6.07, 6.45) is 6.69. The van der Waals surface area contributed by atoms with Crippen molar-refractivity contribution in [3.05, 3.63) is 64.0 Å². The molecule has 0 saturated carbocycles. The van der Waals surface area contributed by atoms with Gasteiger partial charge in [0.2, 0.25) is 5.95 Å². The molecule has 0 spiro atoms. The summed E-state index contributed by atoms with van der Waals surface area (Å²) in [5.41, 5.74) is 9.04. The van der Waals surface area contributed by atoms with Crippen molar-refractivity contribution in [1.82, 2.24) is 29.2 Å². The first-order chi connectivity index (χ1) is 15.0. The van der Waals surface area contributed by atoms with Crippen molar-refractivity contribution in [2.45, 2.75) is 32.0 Å². The van der Waals surface area contributed by atoms with E-state index in [2.05, 4.69) is 30.9 Å². The first-order valence-electron chi connectivity index (χ1n) is 10.7. The number of aryl methyl sites for hydroxylation is 1. The van der Waals surface area contributed by atoms with E-state index >= 15 is 0 Å². The third-order valence-corrected chi connectivity index (χ3v) is 6.32. The van der Waals surface area contributed by atoms with E-state index in [4.69, 9.17) is 5.73 Å². The summed E-state index contributed by atoms with van der Waals surface area (Å²) >= 11 is 0. The molecule has 2 aliphatic rings. The van der Waals surface area contributed by atoms with E-state index in [1.54, 1.807) is 10.9 Å². The van der Waals surface area contributed by atoms with Gasteiger partial charge in [0.15, 0.2) is 0 Å². The van der Waals surface area contributed by atoms with Crippen molar-refractivity contribution in [2.75, 3.05) is 30.8 Å². The Labute approximate surface area is 181 Å². The van der Waals surface area contributed by atoms with Crippen LogP contribution in [0.5, 0.6) is 0 Å². The Kier molecular flexibility index (Phi) is 4.97. The summed E-state index contributed by atoms with van der Waals surface area (Å²) in [4.78, 5) is 26.1. The molecule has 2 N–H and O–H groups in total. The van der Waals surface area contributed by atoms with E-state index in [1.807, 2.05) is 43.2 Å². The molecule has 162 valence electrons. The summed E-state index contributed by atoms with van der Waals surface area (Å²) in [6, 6.07) is 6.06. The molecular formula is C22H28N8O. The third-order valence-electron chi connectivity index (χ3n) is 6.32. The van der Waals surface area contributed by atoms with Gasteiger partial charge in [0.1, 0.15) is 5.82 Å². The standard InChI is InChI=1S/C22H28N8O/c1-27(9-16-8-25-28(2)10-16)13-17-3-4-19-18-7-15(12-30(19)21(17)31)11-29(14-18)20-5-6-24-22(23)26-20/h3-6,8,10,15,18H,7,9,11-14H2,1-2H3,(H2,23,24,26)/t15-,18+/m0/s1. The Morgan fingerprint density at radius 1 is 1.19 bits per heavy atom.